The van der Waals surface area contributed by atoms with Gasteiger partial charge in [0, 0.05) is 50.9 Å². The molecule has 1 amide bonds. The Hall–Kier alpha value is -1.46. The molecule has 1 saturated carbocycles. The summed E-state index contributed by atoms with van der Waals surface area (Å²) in [5.74, 6) is 0.0817. The van der Waals surface area contributed by atoms with Gasteiger partial charge < -0.3 is 20.7 Å². The van der Waals surface area contributed by atoms with Crippen LogP contribution in [-0.4, -0.2) is 75.3 Å². The van der Waals surface area contributed by atoms with Gasteiger partial charge in [0.2, 0.25) is 0 Å². The highest BCUT2D eigenvalue weighted by molar-refractivity contribution is 14.0. The van der Waals surface area contributed by atoms with Crippen molar-refractivity contribution >= 4 is 35.8 Å². The second-order valence-electron chi connectivity index (χ2n) is 8.46. The van der Waals surface area contributed by atoms with E-state index in [1.165, 1.54) is 38.2 Å². The zero-order valence-corrected chi connectivity index (χ0v) is 21.5. The van der Waals surface area contributed by atoms with E-state index in [1.807, 2.05) is 0 Å². The van der Waals surface area contributed by atoms with Gasteiger partial charge in [-0.2, -0.15) is 0 Å². The van der Waals surface area contributed by atoms with E-state index in [9.17, 15) is 9.18 Å². The summed E-state index contributed by atoms with van der Waals surface area (Å²) >= 11 is 0. The van der Waals surface area contributed by atoms with E-state index in [1.54, 1.807) is 26.1 Å². The molecule has 32 heavy (non-hydrogen) atoms. The number of hydrogen-bond acceptors (Lipinski definition) is 4. The SMILES string of the molecule is CN=C(NCCNC(=O)c1ccc(C)c(F)c1)NCC1(N2CCOCC2)CCCCC1.I. The molecule has 9 heteroatoms. The summed E-state index contributed by atoms with van der Waals surface area (Å²) in [7, 11) is 1.76. The van der Waals surface area contributed by atoms with Gasteiger partial charge in [0.1, 0.15) is 5.82 Å². The maximum atomic E-state index is 13.7. The molecule has 1 aromatic carbocycles. The molecule has 0 spiro atoms. The lowest BCUT2D eigenvalue weighted by Crippen LogP contribution is -2.60. The fourth-order valence-electron chi connectivity index (χ4n) is 4.51. The largest absolute Gasteiger partial charge is 0.379 e. The second kappa shape index (κ2) is 13.3. The second-order valence-corrected chi connectivity index (χ2v) is 8.46. The highest BCUT2D eigenvalue weighted by Crippen LogP contribution is 2.33. The van der Waals surface area contributed by atoms with Crippen LogP contribution < -0.4 is 16.0 Å². The lowest BCUT2D eigenvalue weighted by Gasteiger charge is -2.48. The van der Waals surface area contributed by atoms with Gasteiger partial charge in [0.15, 0.2) is 5.96 Å². The van der Waals surface area contributed by atoms with Gasteiger partial charge in [-0.05, 0) is 37.5 Å². The number of carbonyl (C=O) groups excluding carboxylic acids is 1. The first-order chi connectivity index (χ1) is 15.0. The Labute approximate surface area is 208 Å². The average molecular weight is 561 g/mol. The fourth-order valence-corrected chi connectivity index (χ4v) is 4.51. The van der Waals surface area contributed by atoms with Crippen molar-refractivity contribution in [2.24, 2.45) is 4.99 Å². The van der Waals surface area contributed by atoms with Gasteiger partial charge in [-0.15, -0.1) is 24.0 Å². The summed E-state index contributed by atoms with van der Waals surface area (Å²) in [6.07, 6.45) is 6.22. The summed E-state index contributed by atoms with van der Waals surface area (Å²) in [4.78, 5) is 19.1. The Morgan fingerprint density at radius 3 is 2.47 bits per heavy atom. The molecule has 0 bridgehead atoms. The molecule has 3 rings (SSSR count). The summed E-state index contributed by atoms with van der Waals surface area (Å²) in [6, 6.07) is 4.52. The van der Waals surface area contributed by atoms with Crippen LogP contribution in [0.3, 0.4) is 0 Å². The molecule has 0 atom stereocenters. The number of aryl methyl sites for hydroxylation is 1. The van der Waals surface area contributed by atoms with Gasteiger partial charge in [-0.1, -0.05) is 25.3 Å². The number of ether oxygens (including phenoxy) is 1. The molecule has 2 fully saturated rings. The molecule has 180 valence electrons. The number of benzene rings is 1. The number of hydrogen-bond donors (Lipinski definition) is 3. The lowest BCUT2D eigenvalue weighted by atomic mass is 9.80. The smallest absolute Gasteiger partial charge is 0.251 e. The molecule has 1 aromatic rings. The summed E-state index contributed by atoms with van der Waals surface area (Å²) in [5.41, 5.74) is 1.01. The Kier molecular flexibility index (Phi) is 11.1. The molecular formula is C23H37FIN5O2. The van der Waals surface area contributed by atoms with Gasteiger partial charge in [0.25, 0.3) is 5.91 Å². The molecule has 2 aliphatic rings. The highest BCUT2D eigenvalue weighted by atomic mass is 127. The van der Waals surface area contributed by atoms with Gasteiger partial charge >= 0.3 is 0 Å². The van der Waals surface area contributed by atoms with E-state index in [2.05, 4.69) is 25.8 Å². The molecule has 1 aliphatic heterocycles. The van der Waals surface area contributed by atoms with Crippen LogP contribution in [-0.2, 0) is 4.74 Å². The zero-order chi connectivity index (χ0) is 22.1. The van der Waals surface area contributed by atoms with E-state index in [0.717, 1.165) is 38.8 Å². The number of amides is 1. The van der Waals surface area contributed by atoms with Gasteiger partial charge in [-0.25, -0.2) is 4.39 Å². The number of aliphatic imine (C=N–C) groups is 1. The number of nitrogens with one attached hydrogen (secondary N) is 3. The number of rotatable bonds is 7. The van der Waals surface area contributed by atoms with Crippen LogP contribution in [0.5, 0.6) is 0 Å². The maximum Gasteiger partial charge on any atom is 0.251 e. The van der Waals surface area contributed by atoms with Crippen LogP contribution in [0.15, 0.2) is 23.2 Å². The third-order valence-corrected chi connectivity index (χ3v) is 6.41. The number of carbonyl (C=O) groups is 1. The minimum atomic E-state index is -0.368. The fraction of sp³-hybridized carbons (Fsp3) is 0.652. The summed E-state index contributed by atoms with van der Waals surface area (Å²) in [5, 5.41) is 9.58. The average Bonchev–Trinajstić information content (AvgIpc) is 2.81. The number of halogens is 2. The normalized spacial score (nSPS) is 19.0. The van der Waals surface area contributed by atoms with Crippen molar-refractivity contribution in [3.05, 3.63) is 35.1 Å². The van der Waals surface area contributed by atoms with Crippen molar-refractivity contribution in [3.8, 4) is 0 Å². The topological polar surface area (TPSA) is 78.0 Å². The van der Waals surface area contributed by atoms with Crippen LogP contribution in [0.1, 0.15) is 48.0 Å². The predicted molar refractivity (Wildman–Crippen MR) is 136 cm³/mol. The highest BCUT2D eigenvalue weighted by Gasteiger charge is 2.38. The Bertz CT molecular complexity index is 765. The number of nitrogens with zero attached hydrogens (tertiary/aromatic N) is 2. The monoisotopic (exact) mass is 561 g/mol. The van der Waals surface area contributed by atoms with Crippen LogP contribution in [0.4, 0.5) is 4.39 Å². The van der Waals surface area contributed by atoms with Crippen LogP contribution in [0.25, 0.3) is 0 Å². The minimum Gasteiger partial charge on any atom is -0.379 e. The Balaban J connectivity index is 0.00000363. The molecule has 0 unspecified atom stereocenters. The standard InChI is InChI=1S/C23H36FN5O2.HI/c1-18-6-7-19(16-20(18)24)21(30)26-10-11-27-22(25-2)28-17-23(8-4-3-5-9-23)29-12-14-31-15-13-29;/h6-7,16H,3-5,8-15,17H2,1-2H3,(H,26,30)(H2,25,27,28);1H. The van der Waals surface area contributed by atoms with Gasteiger partial charge in [0.05, 0.1) is 13.2 Å². The van der Waals surface area contributed by atoms with E-state index in [4.69, 9.17) is 4.74 Å². The third-order valence-electron chi connectivity index (χ3n) is 6.41. The van der Waals surface area contributed by atoms with Crippen molar-refractivity contribution in [1.29, 1.82) is 0 Å². The first kappa shape index (κ1) is 26.8. The van der Waals surface area contributed by atoms with E-state index < -0.39 is 0 Å². The summed E-state index contributed by atoms with van der Waals surface area (Å²) in [6.45, 7) is 7.06. The number of guanidine groups is 1. The van der Waals surface area contributed by atoms with Crippen molar-refractivity contribution < 1.29 is 13.9 Å². The first-order valence-corrected chi connectivity index (χ1v) is 11.4. The first-order valence-electron chi connectivity index (χ1n) is 11.4. The lowest BCUT2D eigenvalue weighted by molar-refractivity contribution is -0.0352. The Morgan fingerprint density at radius 2 is 1.81 bits per heavy atom. The van der Waals surface area contributed by atoms with Crippen molar-refractivity contribution in [2.45, 2.75) is 44.6 Å². The van der Waals surface area contributed by atoms with E-state index in [-0.39, 0.29) is 41.2 Å². The third kappa shape index (κ3) is 7.28. The van der Waals surface area contributed by atoms with Crippen molar-refractivity contribution in [2.75, 3.05) is 53.0 Å². The summed E-state index contributed by atoms with van der Waals surface area (Å²) < 4.78 is 19.2. The molecule has 3 N–H and O–H groups in total. The van der Waals surface area contributed by atoms with Crippen LogP contribution >= 0.6 is 24.0 Å². The molecule has 1 heterocycles. The molecule has 7 nitrogen and oxygen atoms in total. The van der Waals surface area contributed by atoms with Crippen molar-refractivity contribution in [1.82, 2.24) is 20.9 Å². The maximum absolute atomic E-state index is 13.7. The molecule has 0 radical (unpaired) electrons. The predicted octanol–water partition coefficient (Wildman–Crippen LogP) is 2.68. The van der Waals surface area contributed by atoms with Gasteiger partial charge in [-0.3, -0.25) is 14.7 Å². The molecular weight excluding hydrogens is 524 g/mol. The molecule has 1 saturated heterocycles. The van der Waals surface area contributed by atoms with E-state index >= 15 is 0 Å². The van der Waals surface area contributed by atoms with Crippen LogP contribution in [0.2, 0.25) is 0 Å². The van der Waals surface area contributed by atoms with Crippen molar-refractivity contribution in [3.63, 3.8) is 0 Å². The quantitative estimate of drug-likeness (QED) is 0.207. The molecule has 0 aromatic heterocycles. The zero-order valence-electron chi connectivity index (χ0n) is 19.2. The minimum absolute atomic E-state index is 0. The number of morpholine rings is 1. The molecule has 1 aliphatic carbocycles. The Morgan fingerprint density at radius 1 is 1.12 bits per heavy atom. The van der Waals surface area contributed by atoms with E-state index in [0.29, 0.717) is 24.2 Å². The van der Waals surface area contributed by atoms with Crippen LogP contribution in [0, 0.1) is 12.7 Å².